The second kappa shape index (κ2) is 6.72. The van der Waals surface area contributed by atoms with Crippen molar-refractivity contribution >= 4 is 11.8 Å². The van der Waals surface area contributed by atoms with Gasteiger partial charge in [-0.2, -0.15) is 0 Å². The molecule has 0 saturated carbocycles. The Morgan fingerprint density at radius 1 is 1.25 bits per heavy atom. The van der Waals surface area contributed by atoms with Crippen LogP contribution in [0.2, 0.25) is 0 Å². The van der Waals surface area contributed by atoms with E-state index in [1.807, 2.05) is 6.92 Å². The van der Waals surface area contributed by atoms with Crippen LogP contribution >= 0.6 is 11.8 Å². The van der Waals surface area contributed by atoms with Crippen LogP contribution in [0, 0.1) is 5.92 Å². The Morgan fingerprint density at radius 3 is 2.65 bits per heavy atom. The number of nitrogens with two attached hydrogens (primary N) is 1. The molecule has 2 rings (SSSR count). The van der Waals surface area contributed by atoms with Gasteiger partial charge in [0.2, 0.25) is 0 Å². The first-order valence-corrected chi connectivity index (χ1v) is 7.84. The fraction of sp³-hybridized carbons (Fsp3) is 0.846. The van der Waals surface area contributed by atoms with Crippen LogP contribution in [0.1, 0.15) is 13.3 Å². The van der Waals surface area contributed by atoms with E-state index in [1.54, 1.807) is 12.2 Å². The average molecular weight is 307 g/mol. The van der Waals surface area contributed by atoms with E-state index in [1.165, 1.54) is 0 Å². The summed E-state index contributed by atoms with van der Waals surface area (Å²) < 4.78 is 19.3. The molecule has 116 valence electrons. The van der Waals surface area contributed by atoms with Crippen molar-refractivity contribution < 1.29 is 24.4 Å². The topological polar surface area (TPSA) is 95.9 Å². The molecule has 0 radical (unpaired) electrons. The SMILES string of the molecule is C[C@@H]1/C=C\C[C@@H](F)CS[C@H]2O[C@H]([C@@H]1N)[C@H](O)[C@H](O)[C@H]2O. The molecule has 8 atom stereocenters. The lowest BCUT2D eigenvalue weighted by Crippen LogP contribution is -2.62. The first-order valence-electron chi connectivity index (χ1n) is 6.79. The van der Waals surface area contributed by atoms with Crippen LogP contribution in [0.15, 0.2) is 12.2 Å². The fourth-order valence-electron chi connectivity index (χ4n) is 2.47. The molecule has 20 heavy (non-hydrogen) atoms. The van der Waals surface area contributed by atoms with E-state index < -0.39 is 42.1 Å². The summed E-state index contributed by atoms with van der Waals surface area (Å²) in [6, 6.07) is -0.539. The number of aliphatic hydroxyl groups is 3. The van der Waals surface area contributed by atoms with Crippen LogP contribution < -0.4 is 5.73 Å². The van der Waals surface area contributed by atoms with Gasteiger partial charge in [-0.3, -0.25) is 0 Å². The van der Waals surface area contributed by atoms with Gasteiger partial charge in [0.25, 0.3) is 0 Å². The van der Waals surface area contributed by atoms with Crippen molar-refractivity contribution in [1.82, 2.24) is 0 Å². The van der Waals surface area contributed by atoms with Gasteiger partial charge in [-0.1, -0.05) is 19.1 Å². The molecule has 0 aromatic rings. The standard InChI is InChI=1S/C13H22FNO4S/c1-6-3-2-4-7(14)5-20-13-11(18)9(16)10(17)12(19-13)8(6)15/h2-3,6-13,16-18H,4-5,15H2,1H3/b3-2-/t6-,7-,8-,9+,10-,11-,12-,13-/m1/s1. The van der Waals surface area contributed by atoms with Gasteiger partial charge in [0, 0.05) is 11.8 Å². The van der Waals surface area contributed by atoms with E-state index in [-0.39, 0.29) is 18.1 Å². The summed E-state index contributed by atoms with van der Waals surface area (Å²) in [7, 11) is 0. The highest BCUT2D eigenvalue weighted by Gasteiger charge is 2.46. The normalized spacial score (nSPS) is 52.1. The third-order valence-electron chi connectivity index (χ3n) is 3.87. The van der Waals surface area contributed by atoms with Gasteiger partial charge in [-0.15, -0.1) is 11.8 Å². The Kier molecular flexibility index (Phi) is 5.44. The van der Waals surface area contributed by atoms with Gasteiger partial charge in [-0.05, 0) is 12.3 Å². The van der Waals surface area contributed by atoms with Gasteiger partial charge in [0.1, 0.15) is 36.0 Å². The summed E-state index contributed by atoms with van der Waals surface area (Å²) in [4.78, 5) is 0. The Hall–Kier alpha value is -0.180. The summed E-state index contributed by atoms with van der Waals surface area (Å²) in [5.41, 5.74) is 5.29. The number of halogens is 1. The molecule has 2 heterocycles. The molecule has 2 aliphatic rings. The van der Waals surface area contributed by atoms with Crippen molar-refractivity contribution in [2.75, 3.05) is 5.75 Å². The molecular formula is C13H22FNO4S. The largest absolute Gasteiger partial charge is 0.388 e. The van der Waals surface area contributed by atoms with Crippen LogP contribution in [0.5, 0.6) is 0 Å². The highest BCUT2D eigenvalue weighted by atomic mass is 32.2. The summed E-state index contributed by atoms with van der Waals surface area (Å²) in [6.07, 6.45) is -1.86. The maximum atomic E-state index is 13.7. The van der Waals surface area contributed by atoms with Crippen LogP contribution in [0.4, 0.5) is 4.39 Å². The Labute approximate surface area is 122 Å². The summed E-state index contributed by atoms with van der Waals surface area (Å²) in [5.74, 6) is 0.0265. The molecule has 1 saturated heterocycles. The van der Waals surface area contributed by atoms with Gasteiger partial charge < -0.3 is 25.8 Å². The Morgan fingerprint density at radius 2 is 1.95 bits per heavy atom. The molecule has 2 aliphatic heterocycles. The predicted molar refractivity (Wildman–Crippen MR) is 74.9 cm³/mol. The number of hydrogen-bond donors (Lipinski definition) is 4. The summed E-state index contributed by atoms with van der Waals surface area (Å²) in [5, 5.41) is 29.8. The molecule has 1 fully saturated rings. The molecule has 7 heteroatoms. The van der Waals surface area contributed by atoms with Crippen molar-refractivity contribution in [2.45, 2.75) is 55.4 Å². The average Bonchev–Trinajstić information content (AvgIpc) is 2.44. The molecule has 0 aromatic carbocycles. The zero-order chi connectivity index (χ0) is 14.9. The molecule has 0 aromatic heterocycles. The molecule has 5 N–H and O–H groups in total. The number of alkyl halides is 1. The van der Waals surface area contributed by atoms with E-state index in [4.69, 9.17) is 10.5 Å². The number of hydrogen-bond acceptors (Lipinski definition) is 6. The zero-order valence-electron chi connectivity index (χ0n) is 11.3. The molecule has 0 spiro atoms. The van der Waals surface area contributed by atoms with Gasteiger partial charge in [0.05, 0.1) is 0 Å². The summed E-state index contributed by atoms with van der Waals surface area (Å²) >= 11 is 1.10. The third-order valence-corrected chi connectivity index (χ3v) is 5.14. The quantitative estimate of drug-likeness (QED) is 0.463. The minimum Gasteiger partial charge on any atom is -0.388 e. The zero-order valence-corrected chi connectivity index (χ0v) is 12.1. The number of ether oxygens (including phenoxy) is 1. The lowest BCUT2D eigenvalue weighted by Gasteiger charge is -2.43. The van der Waals surface area contributed by atoms with E-state index in [2.05, 4.69) is 0 Å². The number of thioether (sulfide) groups is 1. The Bertz CT molecular complexity index is 359. The summed E-state index contributed by atoms with van der Waals surface area (Å²) in [6.45, 7) is 1.85. The minimum absolute atomic E-state index is 0.131. The van der Waals surface area contributed by atoms with Crippen LogP contribution in [0.25, 0.3) is 0 Å². The molecule has 5 nitrogen and oxygen atoms in total. The van der Waals surface area contributed by atoms with Gasteiger partial charge >= 0.3 is 0 Å². The van der Waals surface area contributed by atoms with E-state index in [0.717, 1.165) is 11.8 Å². The number of aliphatic hydroxyl groups excluding tert-OH is 3. The fourth-order valence-corrected chi connectivity index (χ4v) is 3.56. The predicted octanol–water partition coefficient (Wildman–Crippen LogP) is -0.211. The van der Waals surface area contributed by atoms with Crippen molar-refractivity contribution in [3.63, 3.8) is 0 Å². The molecule has 0 amide bonds. The maximum absolute atomic E-state index is 13.7. The minimum atomic E-state index is -1.34. The molecule has 0 aliphatic carbocycles. The lowest BCUT2D eigenvalue weighted by molar-refractivity contribution is -0.204. The third kappa shape index (κ3) is 3.35. The Balaban J connectivity index is 2.23. The van der Waals surface area contributed by atoms with E-state index >= 15 is 0 Å². The van der Waals surface area contributed by atoms with E-state index in [0.29, 0.717) is 0 Å². The van der Waals surface area contributed by atoms with Crippen LogP contribution in [-0.4, -0.2) is 63.1 Å². The maximum Gasteiger partial charge on any atom is 0.132 e. The second-order valence-corrected chi connectivity index (χ2v) is 6.60. The highest BCUT2D eigenvalue weighted by Crippen LogP contribution is 2.32. The van der Waals surface area contributed by atoms with E-state index in [9.17, 15) is 19.7 Å². The van der Waals surface area contributed by atoms with Crippen molar-refractivity contribution in [1.29, 1.82) is 0 Å². The first kappa shape index (κ1) is 16.2. The number of rotatable bonds is 0. The smallest absolute Gasteiger partial charge is 0.132 e. The van der Waals surface area contributed by atoms with Crippen molar-refractivity contribution in [3.05, 3.63) is 12.2 Å². The van der Waals surface area contributed by atoms with Crippen molar-refractivity contribution in [2.24, 2.45) is 11.7 Å². The van der Waals surface area contributed by atoms with Crippen LogP contribution in [-0.2, 0) is 4.74 Å². The number of fused-ring (bicyclic) bond motifs is 2. The monoisotopic (exact) mass is 307 g/mol. The second-order valence-electron chi connectivity index (χ2n) is 5.47. The molecular weight excluding hydrogens is 285 g/mol. The molecule has 0 unspecified atom stereocenters. The van der Waals surface area contributed by atoms with Crippen molar-refractivity contribution in [3.8, 4) is 0 Å². The molecule has 2 bridgehead atoms. The number of allylic oxidation sites excluding steroid dienone is 1. The van der Waals surface area contributed by atoms with Crippen LogP contribution in [0.3, 0.4) is 0 Å². The lowest BCUT2D eigenvalue weighted by atomic mass is 9.88. The first-order chi connectivity index (χ1) is 9.41. The van der Waals surface area contributed by atoms with Gasteiger partial charge in [0.15, 0.2) is 0 Å². The highest BCUT2D eigenvalue weighted by molar-refractivity contribution is 7.99. The van der Waals surface area contributed by atoms with Gasteiger partial charge in [-0.25, -0.2) is 4.39 Å².